The van der Waals surface area contributed by atoms with Gasteiger partial charge in [0.1, 0.15) is 11.9 Å². The molecule has 4 atom stereocenters. The molecule has 0 bridgehead atoms. The van der Waals surface area contributed by atoms with Crippen LogP contribution in [0.4, 0.5) is 0 Å². The van der Waals surface area contributed by atoms with Crippen LogP contribution in [0.3, 0.4) is 0 Å². The molecule has 162 valence electrons. The van der Waals surface area contributed by atoms with Gasteiger partial charge in [-0.25, -0.2) is 0 Å². The summed E-state index contributed by atoms with van der Waals surface area (Å²) in [5, 5.41) is 13.7. The number of aliphatic hydroxyl groups excluding tert-OH is 1. The minimum Gasteiger partial charge on any atom is -0.467 e. The standard InChI is InChI=1S/C23H29NO6/c1-15-7-4-5-8-16(15)14-28-23(21(26)24-13-17-9-6-10-27-17)11-18(25)20-19(12-23)29-22(2,3)30-20/h4-10,18-20,25H,11-14H2,1-3H3,(H,24,26)/t18-,19-,20+,23-/m1/s1. The van der Waals surface area contributed by atoms with Crippen LogP contribution < -0.4 is 5.32 Å². The third-order valence-electron chi connectivity index (χ3n) is 5.85. The number of furan rings is 1. The van der Waals surface area contributed by atoms with E-state index in [9.17, 15) is 9.90 Å². The Kier molecular flexibility index (Phi) is 5.72. The van der Waals surface area contributed by atoms with Crippen molar-refractivity contribution in [3.8, 4) is 0 Å². The van der Waals surface area contributed by atoms with E-state index in [0.29, 0.717) is 12.2 Å². The quantitative estimate of drug-likeness (QED) is 0.754. The van der Waals surface area contributed by atoms with Crippen LogP contribution in [0.2, 0.25) is 0 Å². The number of benzene rings is 1. The Morgan fingerprint density at radius 3 is 2.73 bits per heavy atom. The summed E-state index contributed by atoms with van der Waals surface area (Å²) in [4.78, 5) is 13.3. The SMILES string of the molecule is Cc1ccccc1CO[C@]1(C(=O)NCc2ccco2)C[C@@H](O)[C@@H]2OC(C)(C)O[C@@H]2C1. The number of aliphatic hydroxyl groups is 1. The van der Waals surface area contributed by atoms with Gasteiger partial charge in [0, 0.05) is 12.8 Å². The highest BCUT2D eigenvalue weighted by atomic mass is 16.8. The van der Waals surface area contributed by atoms with Crippen molar-refractivity contribution < 1.29 is 28.5 Å². The van der Waals surface area contributed by atoms with Crippen molar-refractivity contribution in [2.75, 3.05) is 0 Å². The molecule has 2 fully saturated rings. The maximum atomic E-state index is 13.3. The molecule has 1 aromatic heterocycles. The third kappa shape index (κ3) is 4.30. The molecular formula is C23H29NO6. The normalized spacial score (nSPS) is 30.1. The van der Waals surface area contributed by atoms with Gasteiger partial charge in [-0.05, 0) is 44.0 Å². The van der Waals surface area contributed by atoms with Gasteiger partial charge in [0.15, 0.2) is 11.4 Å². The number of fused-ring (bicyclic) bond motifs is 1. The van der Waals surface area contributed by atoms with E-state index in [0.717, 1.165) is 11.1 Å². The molecule has 0 radical (unpaired) electrons. The number of amides is 1. The predicted octanol–water partition coefficient (Wildman–Crippen LogP) is 2.83. The van der Waals surface area contributed by atoms with E-state index in [1.54, 1.807) is 18.4 Å². The van der Waals surface area contributed by atoms with Crippen LogP contribution in [0.1, 0.15) is 43.6 Å². The first kappa shape index (κ1) is 21.1. The average molecular weight is 415 g/mol. The zero-order valence-corrected chi connectivity index (χ0v) is 17.6. The van der Waals surface area contributed by atoms with E-state index in [-0.39, 0.29) is 25.5 Å². The highest BCUT2D eigenvalue weighted by Crippen LogP contribution is 2.43. The van der Waals surface area contributed by atoms with Gasteiger partial charge in [0.25, 0.3) is 5.91 Å². The monoisotopic (exact) mass is 415 g/mol. The van der Waals surface area contributed by atoms with E-state index in [2.05, 4.69) is 5.32 Å². The molecule has 1 saturated carbocycles. The Labute approximate surface area is 176 Å². The van der Waals surface area contributed by atoms with Crippen LogP contribution in [0.5, 0.6) is 0 Å². The zero-order valence-electron chi connectivity index (χ0n) is 17.6. The summed E-state index contributed by atoms with van der Waals surface area (Å²) in [6, 6.07) is 11.5. The van der Waals surface area contributed by atoms with Gasteiger partial charge in [-0.3, -0.25) is 4.79 Å². The molecule has 2 aliphatic rings. The molecule has 2 aromatic rings. The smallest absolute Gasteiger partial charge is 0.252 e. The summed E-state index contributed by atoms with van der Waals surface area (Å²) in [6.45, 7) is 6.13. The molecule has 7 nitrogen and oxygen atoms in total. The minimum atomic E-state index is -1.24. The van der Waals surface area contributed by atoms with Gasteiger partial charge in [-0.1, -0.05) is 24.3 Å². The molecule has 30 heavy (non-hydrogen) atoms. The molecule has 4 rings (SSSR count). The lowest BCUT2D eigenvalue weighted by Gasteiger charge is -2.42. The number of hydrogen-bond donors (Lipinski definition) is 2. The lowest BCUT2D eigenvalue weighted by molar-refractivity contribution is -0.175. The highest BCUT2D eigenvalue weighted by Gasteiger charge is 2.57. The maximum Gasteiger partial charge on any atom is 0.252 e. The van der Waals surface area contributed by atoms with E-state index in [1.807, 2.05) is 45.0 Å². The molecule has 0 spiro atoms. The summed E-state index contributed by atoms with van der Waals surface area (Å²) in [5.74, 6) is -0.459. The van der Waals surface area contributed by atoms with Crippen molar-refractivity contribution in [2.45, 2.75) is 76.5 Å². The first-order valence-corrected chi connectivity index (χ1v) is 10.3. The van der Waals surface area contributed by atoms with Gasteiger partial charge >= 0.3 is 0 Å². The first-order valence-electron chi connectivity index (χ1n) is 10.3. The van der Waals surface area contributed by atoms with Crippen molar-refractivity contribution in [1.29, 1.82) is 0 Å². The Hall–Kier alpha value is -2.19. The Balaban J connectivity index is 1.56. The highest BCUT2D eigenvalue weighted by molar-refractivity contribution is 5.85. The molecule has 2 heterocycles. The Morgan fingerprint density at radius 2 is 2.00 bits per heavy atom. The van der Waals surface area contributed by atoms with E-state index < -0.39 is 29.7 Å². The number of rotatable bonds is 6. The molecule has 1 aromatic carbocycles. The second-order valence-electron chi connectivity index (χ2n) is 8.59. The van der Waals surface area contributed by atoms with Crippen molar-refractivity contribution in [2.24, 2.45) is 0 Å². The van der Waals surface area contributed by atoms with Gasteiger partial charge in [-0.2, -0.15) is 0 Å². The van der Waals surface area contributed by atoms with Gasteiger partial charge in [0.2, 0.25) is 0 Å². The fourth-order valence-corrected chi connectivity index (χ4v) is 4.31. The lowest BCUT2D eigenvalue weighted by Crippen LogP contribution is -2.59. The van der Waals surface area contributed by atoms with Gasteiger partial charge in [0.05, 0.1) is 31.6 Å². The molecule has 1 aliphatic carbocycles. The number of nitrogens with one attached hydrogen (secondary N) is 1. The molecule has 1 amide bonds. The zero-order chi connectivity index (χ0) is 21.4. The topological polar surface area (TPSA) is 90.2 Å². The first-order chi connectivity index (χ1) is 14.3. The molecular weight excluding hydrogens is 386 g/mol. The van der Waals surface area contributed by atoms with Crippen molar-refractivity contribution in [3.05, 3.63) is 59.5 Å². The number of hydrogen-bond acceptors (Lipinski definition) is 6. The van der Waals surface area contributed by atoms with Crippen LogP contribution in [0, 0.1) is 6.92 Å². The van der Waals surface area contributed by atoms with Gasteiger partial charge in [-0.15, -0.1) is 0 Å². The Morgan fingerprint density at radius 1 is 1.20 bits per heavy atom. The fourth-order valence-electron chi connectivity index (χ4n) is 4.31. The van der Waals surface area contributed by atoms with Crippen LogP contribution >= 0.6 is 0 Å². The van der Waals surface area contributed by atoms with E-state index >= 15 is 0 Å². The van der Waals surface area contributed by atoms with E-state index in [4.69, 9.17) is 18.6 Å². The summed E-state index contributed by atoms with van der Waals surface area (Å²) in [7, 11) is 0. The maximum absolute atomic E-state index is 13.3. The number of aryl methyl sites for hydroxylation is 1. The second kappa shape index (κ2) is 8.15. The summed E-state index contributed by atoms with van der Waals surface area (Å²) < 4.78 is 23.5. The van der Waals surface area contributed by atoms with Crippen molar-refractivity contribution in [1.82, 2.24) is 5.32 Å². The molecule has 7 heteroatoms. The molecule has 0 unspecified atom stereocenters. The molecule has 1 aliphatic heterocycles. The average Bonchev–Trinajstić information content (AvgIpc) is 3.32. The largest absolute Gasteiger partial charge is 0.467 e. The molecule has 1 saturated heterocycles. The van der Waals surface area contributed by atoms with Crippen LogP contribution in [0.25, 0.3) is 0 Å². The third-order valence-corrected chi connectivity index (χ3v) is 5.85. The Bertz CT molecular complexity index is 880. The van der Waals surface area contributed by atoms with Crippen LogP contribution in [-0.4, -0.2) is 40.7 Å². The van der Waals surface area contributed by atoms with Crippen molar-refractivity contribution in [3.63, 3.8) is 0 Å². The van der Waals surface area contributed by atoms with Gasteiger partial charge < -0.3 is 29.1 Å². The molecule has 2 N–H and O–H groups in total. The summed E-state index contributed by atoms with van der Waals surface area (Å²) in [6.07, 6.45) is 0.198. The summed E-state index contributed by atoms with van der Waals surface area (Å²) in [5.41, 5.74) is 0.842. The van der Waals surface area contributed by atoms with Crippen molar-refractivity contribution >= 4 is 5.91 Å². The van der Waals surface area contributed by atoms with Crippen LogP contribution in [0.15, 0.2) is 47.1 Å². The lowest BCUT2D eigenvalue weighted by atomic mass is 9.78. The number of ether oxygens (including phenoxy) is 3. The fraction of sp³-hybridized carbons (Fsp3) is 0.522. The van der Waals surface area contributed by atoms with Crippen LogP contribution in [-0.2, 0) is 32.2 Å². The predicted molar refractivity (Wildman–Crippen MR) is 108 cm³/mol. The second-order valence-corrected chi connectivity index (χ2v) is 8.59. The number of carbonyl (C=O) groups is 1. The van der Waals surface area contributed by atoms with E-state index in [1.165, 1.54) is 0 Å². The summed E-state index contributed by atoms with van der Waals surface area (Å²) >= 11 is 0. The number of carbonyl (C=O) groups excluding carboxylic acids is 1. The minimum absolute atomic E-state index is 0.128.